The molecule has 0 saturated heterocycles. The fourth-order valence-corrected chi connectivity index (χ4v) is 3.06. The molecule has 0 fully saturated rings. The van der Waals surface area contributed by atoms with E-state index in [0.29, 0.717) is 5.02 Å². The quantitative estimate of drug-likeness (QED) is 0.753. The van der Waals surface area contributed by atoms with Gasteiger partial charge < -0.3 is 5.32 Å². The molecule has 5 heteroatoms. The van der Waals surface area contributed by atoms with E-state index in [-0.39, 0.29) is 6.04 Å². The smallest absolute Gasteiger partial charge is 0.115 e. The highest BCUT2D eigenvalue weighted by molar-refractivity contribution is 7.11. The lowest BCUT2D eigenvalue weighted by Gasteiger charge is -2.14. The van der Waals surface area contributed by atoms with E-state index in [2.05, 4.69) is 29.1 Å². The Hall–Kier alpha value is -1.65. The average Bonchev–Trinajstić information content (AvgIpc) is 2.85. The maximum atomic E-state index is 6.01. The van der Waals surface area contributed by atoms with Crippen LogP contribution in [0.15, 0.2) is 36.7 Å². The van der Waals surface area contributed by atoms with Gasteiger partial charge in [0.1, 0.15) is 5.01 Å². The van der Waals surface area contributed by atoms with Crippen molar-refractivity contribution in [3.8, 4) is 0 Å². The highest BCUT2D eigenvalue weighted by Crippen LogP contribution is 2.28. The van der Waals surface area contributed by atoms with Crippen molar-refractivity contribution in [2.75, 3.05) is 5.32 Å². The van der Waals surface area contributed by atoms with Crippen molar-refractivity contribution in [1.82, 2.24) is 9.97 Å². The third-order valence-corrected chi connectivity index (χ3v) is 4.42. The molecule has 0 spiro atoms. The van der Waals surface area contributed by atoms with Crippen LogP contribution in [-0.4, -0.2) is 9.97 Å². The highest BCUT2D eigenvalue weighted by Gasteiger charge is 2.11. The van der Waals surface area contributed by atoms with E-state index in [9.17, 15) is 0 Å². The zero-order valence-electron chi connectivity index (χ0n) is 11.2. The standard InChI is InChI=1S/C15H14ClN3S/c1-9-8-18-15(20-9)10(2)19-13-5-6-17-14-7-11(16)3-4-12(13)14/h3-8,10H,1-2H3,(H,17,19). The minimum atomic E-state index is 0.162. The van der Waals surface area contributed by atoms with Crippen LogP contribution in [0.3, 0.4) is 0 Å². The Morgan fingerprint density at radius 1 is 1.25 bits per heavy atom. The van der Waals surface area contributed by atoms with E-state index >= 15 is 0 Å². The maximum absolute atomic E-state index is 6.01. The molecular formula is C15H14ClN3S. The van der Waals surface area contributed by atoms with Gasteiger partial charge in [-0.2, -0.15) is 0 Å². The lowest BCUT2D eigenvalue weighted by Crippen LogP contribution is -2.06. The number of anilines is 1. The predicted molar refractivity (Wildman–Crippen MR) is 85.6 cm³/mol. The van der Waals surface area contributed by atoms with E-state index in [1.807, 2.05) is 30.5 Å². The van der Waals surface area contributed by atoms with Crippen LogP contribution >= 0.6 is 22.9 Å². The van der Waals surface area contributed by atoms with Crippen molar-refractivity contribution in [1.29, 1.82) is 0 Å². The first-order chi connectivity index (χ1) is 9.63. The second-order valence-electron chi connectivity index (χ2n) is 4.70. The summed E-state index contributed by atoms with van der Waals surface area (Å²) in [6, 6.07) is 7.89. The number of hydrogen-bond acceptors (Lipinski definition) is 4. The molecule has 0 radical (unpaired) electrons. The predicted octanol–water partition coefficient (Wildman–Crippen LogP) is 4.83. The molecule has 3 rings (SSSR count). The summed E-state index contributed by atoms with van der Waals surface area (Å²) < 4.78 is 0. The van der Waals surface area contributed by atoms with Gasteiger partial charge in [-0.15, -0.1) is 11.3 Å². The van der Waals surface area contributed by atoms with E-state index < -0.39 is 0 Å². The minimum Gasteiger partial charge on any atom is -0.375 e. The van der Waals surface area contributed by atoms with Gasteiger partial charge in [0, 0.05) is 33.4 Å². The largest absolute Gasteiger partial charge is 0.375 e. The van der Waals surface area contributed by atoms with Crippen LogP contribution in [0.2, 0.25) is 5.02 Å². The van der Waals surface area contributed by atoms with Gasteiger partial charge in [0.2, 0.25) is 0 Å². The van der Waals surface area contributed by atoms with Crippen molar-refractivity contribution in [2.24, 2.45) is 0 Å². The zero-order valence-corrected chi connectivity index (χ0v) is 12.8. The molecule has 102 valence electrons. The van der Waals surface area contributed by atoms with E-state index in [4.69, 9.17) is 11.6 Å². The molecule has 0 aliphatic rings. The van der Waals surface area contributed by atoms with E-state index in [1.54, 1.807) is 17.5 Å². The fraction of sp³-hybridized carbons (Fsp3) is 0.200. The van der Waals surface area contributed by atoms with Crippen molar-refractivity contribution in [3.05, 3.63) is 51.6 Å². The Balaban J connectivity index is 1.94. The van der Waals surface area contributed by atoms with Gasteiger partial charge in [0.25, 0.3) is 0 Å². The molecule has 2 aromatic heterocycles. The third-order valence-electron chi connectivity index (χ3n) is 3.09. The molecule has 1 unspecified atom stereocenters. The topological polar surface area (TPSA) is 37.8 Å². The van der Waals surface area contributed by atoms with Crippen molar-refractivity contribution in [3.63, 3.8) is 0 Å². The molecule has 20 heavy (non-hydrogen) atoms. The summed E-state index contributed by atoms with van der Waals surface area (Å²) in [5, 5.41) is 6.35. The van der Waals surface area contributed by atoms with Crippen LogP contribution in [-0.2, 0) is 0 Å². The Morgan fingerprint density at radius 3 is 2.85 bits per heavy atom. The normalized spacial score (nSPS) is 12.6. The molecule has 3 aromatic rings. The molecular weight excluding hydrogens is 290 g/mol. The second-order valence-corrected chi connectivity index (χ2v) is 6.40. The Bertz CT molecular complexity index is 754. The number of thiazole rings is 1. The molecule has 0 saturated carbocycles. The lowest BCUT2D eigenvalue weighted by atomic mass is 10.1. The molecule has 1 N–H and O–H groups in total. The average molecular weight is 304 g/mol. The van der Waals surface area contributed by atoms with Gasteiger partial charge in [-0.05, 0) is 38.1 Å². The number of hydrogen-bond donors (Lipinski definition) is 1. The Morgan fingerprint density at radius 2 is 2.10 bits per heavy atom. The van der Waals surface area contributed by atoms with Gasteiger partial charge in [-0.3, -0.25) is 4.98 Å². The lowest BCUT2D eigenvalue weighted by molar-refractivity contribution is 0.871. The number of fused-ring (bicyclic) bond motifs is 1. The molecule has 1 aromatic carbocycles. The summed E-state index contributed by atoms with van der Waals surface area (Å²) >= 11 is 7.72. The van der Waals surface area contributed by atoms with Gasteiger partial charge in [0.05, 0.1) is 11.6 Å². The van der Waals surface area contributed by atoms with Gasteiger partial charge >= 0.3 is 0 Å². The molecule has 0 aliphatic heterocycles. The first kappa shape index (κ1) is 13.3. The molecule has 2 heterocycles. The van der Waals surface area contributed by atoms with Gasteiger partial charge in [-0.25, -0.2) is 4.98 Å². The van der Waals surface area contributed by atoms with Crippen molar-refractivity contribution in [2.45, 2.75) is 19.9 Å². The molecule has 0 amide bonds. The summed E-state index contributed by atoms with van der Waals surface area (Å²) in [4.78, 5) is 10.00. The van der Waals surface area contributed by atoms with E-state index in [0.717, 1.165) is 21.6 Å². The fourth-order valence-electron chi connectivity index (χ4n) is 2.11. The van der Waals surface area contributed by atoms with Crippen LogP contribution in [0, 0.1) is 6.92 Å². The molecule has 3 nitrogen and oxygen atoms in total. The molecule has 0 bridgehead atoms. The number of rotatable bonds is 3. The number of pyridine rings is 1. The van der Waals surface area contributed by atoms with Crippen molar-refractivity contribution >= 4 is 39.5 Å². The van der Waals surface area contributed by atoms with Crippen LogP contribution in [0.1, 0.15) is 22.9 Å². The number of nitrogens with zero attached hydrogens (tertiary/aromatic N) is 2. The Kier molecular flexibility index (Phi) is 3.59. The number of benzene rings is 1. The zero-order chi connectivity index (χ0) is 14.1. The van der Waals surface area contributed by atoms with Crippen LogP contribution in [0.25, 0.3) is 10.9 Å². The van der Waals surface area contributed by atoms with Crippen LogP contribution < -0.4 is 5.32 Å². The molecule has 1 atom stereocenters. The molecule has 0 aliphatic carbocycles. The van der Waals surface area contributed by atoms with Crippen LogP contribution in [0.5, 0.6) is 0 Å². The highest BCUT2D eigenvalue weighted by atomic mass is 35.5. The second kappa shape index (κ2) is 5.38. The first-order valence-electron chi connectivity index (χ1n) is 6.36. The summed E-state index contributed by atoms with van der Waals surface area (Å²) in [5.74, 6) is 0. The number of aryl methyl sites for hydroxylation is 1. The summed E-state index contributed by atoms with van der Waals surface area (Å²) in [7, 11) is 0. The third kappa shape index (κ3) is 2.62. The van der Waals surface area contributed by atoms with Crippen molar-refractivity contribution < 1.29 is 0 Å². The monoisotopic (exact) mass is 303 g/mol. The minimum absolute atomic E-state index is 0.162. The number of halogens is 1. The van der Waals surface area contributed by atoms with Gasteiger partial charge in [0.15, 0.2) is 0 Å². The summed E-state index contributed by atoms with van der Waals surface area (Å²) in [5.41, 5.74) is 1.94. The summed E-state index contributed by atoms with van der Waals surface area (Å²) in [6.07, 6.45) is 3.70. The SMILES string of the molecule is Cc1cnc(C(C)Nc2ccnc3cc(Cl)ccc23)s1. The van der Waals surface area contributed by atoms with E-state index in [1.165, 1.54) is 4.88 Å². The van der Waals surface area contributed by atoms with Crippen LogP contribution in [0.4, 0.5) is 5.69 Å². The number of nitrogens with one attached hydrogen (secondary N) is 1. The Labute approximate surface area is 126 Å². The number of aromatic nitrogens is 2. The first-order valence-corrected chi connectivity index (χ1v) is 7.56. The van der Waals surface area contributed by atoms with Gasteiger partial charge in [-0.1, -0.05) is 11.6 Å². The maximum Gasteiger partial charge on any atom is 0.115 e. The summed E-state index contributed by atoms with van der Waals surface area (Å²) in [6.45, 7) is 4.18.